The summed E-state index contributed by atoms with van der Waals surface area (Å²) in [6.07, 6.45) is 7.27. The number of likely N-dealkylation sites (N-methyl/N-ethyl adjacent to an activating group) is 1. The zero-order chi connectivity index (χ0) is 25.7. The minimum atomic E-state index is -0.972. The summed E-state index contributed by atoms with van der Waals surface area (Å²) >= 11 is 0. The number of carbonyl (C=O) groups is 2. The summed E-state index contributed by atoms with van der Waals surface area (Å²) in [6, 6.07) is 9.45. The van der Waals surface area contributed by atoms with E-state index in [0.717, 1.165) is 60.4 Å². The minimum absolute atomic E-state index is 0.0336. The number of benzene rings is 2. The fourth-order valence-electron chi connectivity index (χ4n) is 6.19. The second-order valence-corrected chi connectivity index (χ2v) is 10.4. The quantitative estimate of drug-likeness (QED) is 0.439. The zero-order valence-electron chi connectivity index (χ0n) is 21.0. The van der Waals surface area contributed by atoms with E-state index in [4.69, 9.17) is 4.98 Å². The number of hydrogen-bond donors (Lipinski definition) is 0. The average Bonchev–Trinajstić information content (AvgIpc) is 3.45. The number of anilines is 2. The molecule has 3 fully saturated rings. The Balaban J connectivity index is 1.48. The van der Waals surface area contributed by atoms with E-state index in [1.54, 1.807) is 21.7 Å². The minimum Gasteiger partial charge on any atom is -0.326 e. The first-order valence-corrected chi connectivity index (χ1v) is 13.2. The van der Waals surface area contributed by atoms with Gasteiger partial charge in [-0.25, -0.2) is 18.6 Å². The molecule has 1 aliphatic carbocycles. The Morgan fingerprint density at radius 3 is 2.38 bits per heavy atom. The lowest BCUT2D eigenvalue weighted by atomic mass is 9.94. The van der Waals surface area contributed by atoms with Gasteiger partial charge in [0.2, 0.25) is 5.91 Å². The molecule has 1 aromatic heterocycles. The molecule has 0 spiro atoms. The number of fused-ring (bicyclic) bond motifs is 1. The van der Waals surface area contributed by atoms with Gasteiger partial charge < -0.3 is 14.4 Å². The summed E-state index contributed by atoms with van der Waals surface area (Å²) in [5.74, 6) is -1.24. The molecule has 2 aliphatic heterocycles. The lowest BCUT2D eigenvalue weighted by Crippen LogP contribution is -2.40. The fourth-order valence-corrected chi connectivity index (χ4v) is 6.19. The highest BCUT2D eigenvalue weighted by Gasteiger charge is 2.36. The molecule has 3 aliphatic rings. The molecule has 6 rings (SSSR count). The Bertz CT molecular complexity index is 1370. The predicted octanol–water partition coefficient (Wildman–Crippen LogP) is 5.95. The molecule has 3 amide bonds. The molecule has 2 saturated heterocycles. The summed E-state index contributed by atoms with van der Waals surface area (Å²) in [5, 5.41) is 0. The van der Waals surface area contributed by atoms with Crippen molar-refractivity contribution in [2.75, 3.05) is 29.9 Å². The first-order valence-electron chi connectivity index (χ1n) is 13.2. The monoisotopic (exact) mass is 507 g/mol. The first kappa shape index (κ1) is 23.9. The summed E-state index contributed by atoms with van der Waals surface area (Å²) in [5.41, 5.74) is 2.92. The summed E-state index contributed by atoms with van der Waals surface area (Å²) in [7, 11) is 1.80. The Morgan fingerprint density at radius 2 is 1.65 bits per heavy atom. The molecule has 2 aromatic carbocycles. The van der Waals surface area contributed by atoms with Crippen molar-refractivity contribution in [3.8, 4) is 0 Å². The van der Waals surface area contributed by atoms with Gasteiger partial charge in [-0.3, -0.25) is 9.69 Å². The third-order valence-electron chi connectivity index (χ3n) is 8.10. The van der Waals surface area contributed by atoms with Crippen LogP contribution in [0.3, 0.4) is 0 Å². The van der Waals surface area contributed by atoms with Gasteiger partial charge in [-0.15, -0.1) is 0 Å². The largest absolute Gasteiger partial charge is 0.326 e. The van der Waals surface area contributed by atoms with Crippen molar-refractivity contribution in [2.24, 2.45) is 0 Å². The van der Waals surface area contributed by atoms with Crippen LogP contribution >= 0.6 is 0 Å². The SMILES string of the molecule is CN1CCN(c2ccc3c(c2)nc([C@@H]2CCCC(=O)N2c2ccc(F)c(F)c2)n3C2CCCCC2)C1=O. The highest BCUT2D eigenvalue weighted by Crippen LogP contribution is 2.41. The third kappa shape index (κ3) is 4.14. The van der Waals surface area contributed by atoms with E-state index >= 15 is 0 Å². The van der Waals surface area contributed by atoms with Gasteiger partial charge >= 0.3 is 6.03 Å². The van der Waals surface area contributed by atoms with Gasteiger partial charge in [0.15, 0.2) is 11.6 Å². The van der Waals surface area contributed by atoms with Crippen LogP contribution in [0, 0.1) is 11.6 Å². The third-order valence-corrected chi connectivity index (χ3v) is 8.10. The van der Waals surface area contributed by atoms with Crippen LogP contribution in [0.2, 0.25) is 0 Å². The Labute approximate surface area is 214 Å². The van der Waals surface area contributed by atoms with Crippen molar-refractivity contribution >= 4 is 34.3 Å². The van der Waals surface area contributed by atoms with Gasteiger partial charge in [0.25, 0.3) is 0 Å². The van der Waals surface area contributed by atoms with Crippen LogP contribution in [0.5, 0.6) is 0 Å². The van der Waals surface area contributed by atoms with Crippen molar-refractivity contribution < 1.29 is 18.4 Å². The number of piperidine rings is 1. The molecule has 7 nitrogen and oxygen atoms in total. The number of halogens is 2. The maximum atomic E-state index is 14.2. The Hall–Kier alpha value is -3.49. The van der Waals surface area contributed by atoms with Crippen molar-refractivity contribution in [1.82, 2.24) is 14.5 Å². The maximum Gasteiger partial charge on any atom is 0.324 e. The van der Waals surface area contributed by atoms with Crippen LogP contribution < -0.4 is 9.80 Å². The van der Waals surface area contributed by atoms with Crippen LogP contribution in [-0.4, -0.2) is 46.5 Å². The predicted molar refractivity (Wildman–Crippen MR) is 138 cm³/mol. The Kier molecular flexibility index (Phi) is 6.09. The normalized spacial score (nSPS) is 21.5. The van der Waals surface area contributed by atoms with Crippen molar-refractivity contribution in [1.29, 1.82) is 0 Å². The van der Waals surface area contributed by atoms with E-state index in [0.29, 0.717) is 38.0 Å². The van der Waals surface area contributed by atoms with E-state index < -0.39 is 11.6 Å². The second kappa shape index (κ2) is 9.43. The van der Waals surface area contributed by atoms with Crippen LogP contribution in [0.1, 0.15) is 69.3 Å². The van der Waals surface area contributed by atoms with E-state index in [2.05, 4.69) is 4.57 Å². The maximum absolute atomic E-state index is 14.2. The van der Waals surface area contributed by atoms with Crippen LogP contribution in [0.4, 0.5) is 25.0 Å². The molecule has 194 valence electrons. The molecule has 0 unspecified atom stereocenters. The summed E-state index contributed by atoms with van der Waals surface area (Å²) in [6.45, 7) is 1.30. The molecule has 1 atom stereocenters. The van der Waals surface area contributed by atoms with Crippen LogP contribution in [0.25, 0.3) is 11.0 Å². The number of amides is 3. The fraction of sp³-hybridized carbons (Fsp3) is 0.464. The number of aromatic nitrogens is 2. The molecular formula is C28H31F2N5O2. The number of rotatable bonds is 4. The molecule has 0 N–H and O–H groups in total. The lowest BCUT2D eigenvalue weighted by Gasteiger charge is -2.37. The molecule has 1 saturated carbocycles. The van der Waals surface area contributed by atoms with Gasteiger partial charge in [0, 0.05) is 50.0 Å². The number of imidazole rings is 1. The van der Waals surface area contributed by atoms with Gasteiger partial charge in [-0.05, 0) is 56.0 Å². The van der Waals surface area contributed by atoms with E-state index in [1.165, 1.54) is 12.5 Å². The molecule has 9 heteroatoms. The number of urea groups is 1. The molecule has 3 heterocycles. The van der Waals surface area contributed by atoms with Gasteiger partial charge in [0.05, 0.1) is 17.1 Å². The molecular weight excluding hydrogens is 476 g/mol. The standard InChI is InChI=1S/C28H31F2N5O2/c1-32-14-15-33(28(32)37)19-11-13-24-23(17-19)31-27(35(24)18-6-3-2-4-7-18)25-8-5-9-26(36)34(25)20-10-12-21(29)22(30)16-20/h10-13,16-18,25H,2-9,14-15H2,1H3/t25-/m0/s1. The van der Waals surface area contributed by atoms with Crippen molar-refractivity contribution in [3.63, 3.8) is 0 Å². The second-order valence-electron chi connectivity index (χ2n) is 10.4. The Morgan fingerprint density at radius 1 is 0.865 bits per heavy atom. The van der Waals surface area contributed by atoms with Crippen LogP contribution in [0.15, 0.2) is 36.4 Å². The van der Waals surface area contributed by atoms with Crippen molar-refractivity contribution in [3.05, 3.63) is 53.9 Å². The van der Waals surface area contributed by atoms with E-state index in [1.807, 2.05) is 18.2 Å². The van der Waals surface area contributed by atoms with E-state index in [9.17, 15) is 18.4 Å². The number of hydrogen-bond acceptors (Lipinski definition) is 3. The van der Waals surface area contributed by atoms with Gasteiger partial charge in [0.1, 0.15) is 5.82 Å². The van der Waals surface area contributed by atoms with Gasteiger partial charge in [-0.1, -0.05) is 19.3 Å². The number of nitrogens with zero attached hydrogens (tertiary/aromatic N) is 5. The van der Waals surface area contributed by atoms with Gasteiger partial charge in [-0.2, -0.15) is 0 Å². The zero-order valence-corrected chi connectivity index (χ0v) is 21.0. The lowest BCUT2D eigenvalue weighted by molar-refractivity contribution is -0.120. The smallest absolute Gasteiger partial charge is 0.324 e. The molecule has 37 heavy (non-hydrogen) atoms. The molecule has 0 radical (unpaired) electrons. The van der Waals surface area contributed by atoms with Crippen LogP contribution in [-0.2, 0) is 4.79 Å². The number of carbonyl (C=O) groups excluding carboxylic acids is 2. The molecule has 3 aromatic rings. The molecule has 0 bridgehead atoms. The highest BCUT2D eigenvalue weighted by atomic mass is 19.2. The first-order chi connectivity index (χ1) is 17.9. The summed E-state index contributed by atoms with van der Waals surface area (Å²) in [4.78, 5) is 36.0. The van der Waals surface area contributed by atoms with Crippen molar-refractivity contribution in [2.45, 2.75) is 63.5 Å². The van der Waals surface area contributed by atoms with E-state index in [-0.39, 0.29) is 24.0 Å². The summed E-state index contributed by atoms with van der Waals surface area (Å²) < 4.78 is 30.2. The highest BCUT2D eigenvalue weighted by molar-refractivity contribution is 5.97. The average molecular weight is 508 g/mol. The topological polar surface area (TPSA) is 61.7 Å².